The van der Waals surface area contributed by atoms with E-state index in [9.17, 15) is 13.2 Å². The van der Waals surface area contributed by atoms with Crippen molar-refractivity contribution >= 4 is 32.7 Å². The molecule has 166 valence electrons. The van der Waals surface area contributed by atoms with Gasteiger partial charge in [0.25, 0.3) is 0 Å². The number of halogens is 3. The molecule has 3 rings (SSSR count). The molecule has 0 saturated heterocycles. The summed E-state index contributed by atoms with van der Waals surface area (Å²) in [5.74, 6) is 0. The molecule has 0 heterocycles. The predicted octanol–water partition coefficient (Wildman–Crippen LogP) is 4.35. The van der Waals surface area contributed by atoms with Crippen LogP contribution in [0.4, 0.5) is 13.2 Å². The van der Waals surface area contributed by atoms with E-state index in [4.69, 9.17) is 13.0 Å². The van der Waals surface area contributed by atoms with Gasteiger partial charge >= 0.3 is 15.6 Å². The van der Waals surface area contributed by atoms with E-state index >= 15 is 0 Å². The van der Waals surface area contributed by atoms with Gasteiger partial charge in [-0.15, -0.1) is 0 Å². The highest BCUT2D eigenvalue weighted by molar-refractivity contribution is 7.86. The second kappa shape index (κ2) is 10.6. The third kappa shape index (κ3) is 6.21. The van der Waals surface area contributed by atoms with Gasteiger partial charge in [-0.25, -0.2) is 0 Å². The van der Waals surface area contributed by atoms with E-state index in [2.05, 4.69) is 97.9 Å². The van der Waals surface area contributed by atoms with Crippen LogP contribution in [0, 0.1) is 0 Å². The SMILES string of the molecule is CCCC[B-](c1ccccc1)(c1ccccc1)c1ccccc1.O=S(=O)(O)C(F)(F)F. The predicted molar refractivity (Wildman–Crippen MR) is 121 cm³/mol. The van der Waals surface area contributed by atoms with Crippen molar-refractivity contribution in [2.24, 2.45) is 0 Å². The zero-order chi connectivity index (χ0) is 23.0. The Morgan fingerprint density at radius 1 is 0.742 bits per heavy atom. The summed E-state index contributed by atoms with van der Waals surface area (Å²) >= 11 is 0. The molecule has 0 amide bonds. The van der Waals surface area contributed by atoms with E-state index < -0.39 is 21.8 Å². The van der Waals surface area contributed by atoms with E-state index in [1.54, 1.807) is 0 Å². The average Bonchev–Trinajstić information content (AvgIpc) is 2.76. The molecule has 0 unspecified atom stereocenters. The van der Waals surface area contributed by atoms with Gasteiger partial charge in [-0.1, -0.05) is 111 Å². The van der Waals surface area contributed by atoms with Crippen molar-refractivity contribution in [3.8, 4) is 0 Å². The summed E-state index contributed by atoms with van der Waals surface area (Å²) in [6.45, 7) is 2.28. The van der Waals surface area contributed by atoms with Gasteiger partial charge in [-0.2, -0.15) is 44.3 Å². The van der Waals surface area contributed by atoms with Crippen LogP contribution in [0.1, 0.15) is 19.8 Å². The van der Waals surface area contributed by atoms with Gasteiger partial charge in [-0.3, -0.25) is 4.55 Å². The summed E-state index contributed by atoms with van der Waals surface area (Å²) in [5, 5.41) is 0. The van der Waals surface area contributed by atoms with Gasteiger partial charge < -0.3 is 0 Å². The molecular weight excluding hydrogens is 424 g/mol. The first kappa shape index (κ1) is 24.7. The molecule has 0 aromatic heterocycles. The molecule has 0 atom stereocenters. The Hall–Kier alpha value is -2.58. The lowest BCUT2D eigenvalue weighted by molar-refractivity contribution is -0.0510. The molecular formula is C23H25BF3O3S-. The Balaban J connectivity index is 0.000000366. The van der Waals surface area contributed by atoms with Crippen LogP contribution in [0.5, 0.6) is 0 Å². The van der Waals surface area contributed by atoms with Gasteiger partial charge in [0.2, 0.25) is 0 Å². The smallest absolute Gasteiger partial charge is 0.279 e. The third-order valence-electron chi connectivity index (χ3n) is 5.39. The van der Waals surface area contributed by atoms with Crippen LogP contribution in [-0.2, 0) is 10.1 Å². The standard InChI is InChI=1S/C22H24B.CHF3O3S/c1-2-3-19-23(20-13-7-4-8-14-20,21-15-9-5-10-16-21)22-17-11-6-12-18-22;2-1(3,4)8(5,6)7/h4-18H,2-3,19H2,1H3;(H,5,6,7)/q-1;. The summed E-state index contributed by atoms with van der Waals surface area (Å²) in [6, 6.07) is 33.2. The highest BCUT2D eigenvalue weighted by Gasteiger charge is 2.44. The van der Waals surface area contributed by atoms with Crippen LogP contribution in [0.15, 0.2) is 91.0 Å². The number of benzene rings is 3. The number of unbranched alkanes of at least 4 members (excludes halogenated alkanes) is 1. The highest BCUT2D eigenvalue weighted by Crippen LogP contribution is 2.20. The molecule has 31 heavy (non-hydrogen) atoms. The Morgan fingerprint density at radius 3 is 1.26 bits per heavy atom. The first-order valence-electron chi connectivity index (χ1n) is 10.0. The second-order valence-electron chi connectivity index (χ2n) is 7.34. The van der Waals surface area contributed by atoms with Gasteiger partial charge in [0.15, 0.2) is 0 Å². The van der Waals surface area contributed by atoms with Crippen molar-refractivity contribution in [2.45, 2.75) is 31.6 Å². The number of hydrogen-bond donors (Lipinski definition) is 1. The first-order valence-corrected chi connectivity index (χ1v) is 11.4. The molecule has 0 spiro atoms. The topological polar surface area (TPSA) is 54.4 Å². The van der Waals surface area contributed by atoms with E-state index in [0.717, 1.165) is 0 Å². The minimum Gasteiger partial charge on any atom is -0.279 e. The number of rotatable bonds is 6. The summed E-state index contributed by atoms with van der Waals surface area (Å²) in [6.07, 6.45) is 2.73. The van der Waals surface area contributed by atoms with Crippen LogP contribution in [-0.4, -0.2) is 24.6 Å². The van der Waals surface area contributed by atoms with Gasteiger partial charge in [-0.05, 0) is 0 Å². The monoisotopic (exact) mass is 449 g/mol. The van der Waals surface area contributed by atoms with E-state index in [-0.39, 0.29) is 0 Å². The Bertz CT molecular complexity index is 929. The van der Waals surface area contributed by atoms with Crippen molar-refractivity contribution in [3.63, 3.8) is 0 Å². The normalized spacial score (nSPS) is 12.0. The number of hydrogen-bond acceptors (Lipinski definition) is 2. The lowest BCUT2D eigenvalue weighted by Crippen LogP contribution is -2.66. The van der Waals surface area contributed by atoms with Crippen LogP contribution < -0.4 is 16.4 Å². The molecule has 3 aromatic rings. The summed E-state index contributed by atoms with van der Waals surface area (Å²) < 4.78 is 57.5. The Morgan fingerprint density at radius 2 is 1.03 bits per heavy atom. The molecule has 0 aliphatic rings. The van der Waals surface area contributed by atoms with Crippen molar-refractivity contribution in [1.82, 2.24) is 0 Å². The van der Waals surface area contributed by atoms with E-state index in [1.807, 2.05) is 0 Å². The minimum absolute atomic E-state index is 0.913. The summed E-state index contributed by atoms with van der Waals surface area (Å²) in [7, 11) is -5.84. The maximum atomic E-state index is 10.7. The van der Waals surface area contributed by atoms with Gasteiger partial charge in [0.05, 0.1) is 6.15 Å². The van der Waals surface area contributed by atoms with Crippen LogP contribution in [0.3, 0.4) is 0 Å². The average molecular weight is 449 g/mol. The van der Waals surface area contributed by atoms with E-state index in [1.165, 1.54) is 35.6 Å². The Kier molecular flexibility index (Phi) is 8.47. The molecule has 0 radical (unpaired) electrons. The summed E-state index contributed by atoms with van der Waals surface area (Å²) in [5.41, 5.74) is -1.21. The van der Waals surface area contributed by atoms with E-state index in [0.29, 0.717) is 0 Å². The number of alkyl halides is 3. The fraction of sp³-hybridized carbons (Fsp3) is 0.217. The molecule has 0 bridgehead atoms. The zero-order valence-corrected chi connectivity index (χ0v) is 18.0. The van der Waals surface area contributed by atoms with Crippen molar-refractivity contribution in [2.75, 3.05) is 0 Å². The highest BCUT2D eigenvalue weighted by atomic mass is 32.2. The van der Waals surface area contributed by atoms with Crippen LogP contribution in [0.25, 0.3) is 0 Å². The maximum Gasteiger partial charge on any atom is 0.522 e. The largest absolute Gasteiger partial charge is 0.522 e. The van der Waals surface area contributed by atoms with Gasteiger partial charge in [0, 0.05) is 0 Å². The fourth-order valence-electron chi connectivity index (χ4n) is 3.93. The van der Waals surface area contributed by atoms with Crippen molar-refractivity contribution < 1.29 is 26.1 Å². The summed E-state index contributed by atoms with van der Waals surface area (Å²) in [4.78, 5) is 0. The second-order valence-corrected chi connectivity index (χ2v) is 8.75. The van der Waals surface area contributed by atoms with Crippen molar-refractivity contribution in [3.05, 3.63) is 91.0 Å². The molecule has 8 heteroatoms. The molecule has 0 saturated carbocycles. The van der Waals surface area contributed by atoms with Gasteiger partial charge in [0.1, 0.15) is 0 Å². The lowest BCUT2D eigenvalue weighted by atomic mass is 9.14. The molecule has 3 nitrogen and oxygen atoms in total. The molecule has 0 aliphatic heterocycles. The Labute approximate surface area is 181 Å². The first-order chi connectivity index (χ1) is 14.6. The lowest BCUT2D eigenvalue weighted by Gasteiger charge is -2.43. The zero-order valence-electron chi connectivity index (χ0n) is 17.2. The van der Waals surface area contributed by atoms with Crippen molar-refractivity contribution in [1.29, 1.82) is 0 Å². The third-order valence-corrected chi connectivity index (χ3v) is 5.97. The quantitative estimate of drug-likeness (QED) is 0.346. The maximum absolute atomic E-state index is 10.7. The molecule has 1 N–H and O–H groups in total. The fourth-order valence-corrected chi connectivity index (χ4v) is 3.93. The minimum atomic E-state index is -5.84. The molecule has 0 fully saturated rings. The molecule has 3 aromatic carbocycles. The van der Waals surface area contributed by atoms with Crippen LogP contribution in [0.2, 0.25) is 6.32 Å². The van der Waals surface area contributed by atoms with Crippen LogP contribution >= 0.6 is 0 Å². The molecule has 0 aliphatic carbocycles.